The molecule has 0 aromatic heterocycles. The minimum absolute atomic E-state index is 0.148. The van der Waals surface area contributed by atoms with Gasteiger partial charge in [0.2, 0.25) is 0 Å². The molecule has 0 amide bonds. The molecule has 3 unspecified atom stereocenters. The average Bonchev–Trinajstić information content (AvgIpc) is 3.10. The number of rotatable bonds is 7. The first-order valence-electron chi connectivity index (χ1n) is 13.3. The second-order valence-corrected chi connectivity index (χ2v) is 11.6. The molecule has 198 valence electrons. The van der Waals surface area contributed by atoms with Gasteiger partial charge in [-0.3, -0.25) is 9.59 Å². The van der Waals surface area contributed by atoms with Crippen LogP contribution in [0.5, 0.6) is 0 Å². The van der Waals surface area contributed by atoms with E-state index in [1.165, 1.54) is 31.4 Å². The molecule has 2 fully saturated rings. The van der Waals surface area contributed by atoms with E-state index in [9.17, 15) is 14.7 Å². The average molecular weight is 497 g/mol. The minimum atomic E-state index is -0.781. The SMILES string of the molecule is C=C1/C(=C\C=C2/CCC[C@]3(C)C(C(C)C/C=C/C(C)(C)O)=CCC23)CC(OC(C)=O)C[C@@H]1OC(C)=O. The summed E-state index contributed by atoms with van der Waals surface area (Å²) in [6.07, 6.45) is 16.4. The lowest BCUT2D eigenvalue weighted by Gasteiger charge is -2.42. The zero-order chi connectivity index (χ0) is 26.7. The summed E-state index contributed by atoms with van der Waals surface area (Å²) in [5.41, 5.74) is 4.13. The summed E-state index contributed by atoms with van der Waals surface area (Å²) in [6.45, 7) is 15.3. The van der Waals surface area contributed by atoms with E-state index >= 15 is 0 Å². The highest BCUT2D eigenvalue weighted by atomic mass is 16.6. The second kappa shape index (κ2) is 11.3. The van der Waals surface area contributed by atoms with Gasteiger partial charge in [-0.15, -0.1) is 0 Å². The van der Waals surface area contributed by atoms with Crippen LogP contribution >= 0.6 is 0 Å². The number of fused-ring (bicyclic) bond motifs is 1. The third-order valence-electron chi connectivity index (χ3n) is 8.02. The maximum atomic E-state index is 11.6. The van der Waals surface area contributed by atoms with Crippen molar-refractivity contribution in [1.82, 2.24) is 0 Å². The van der Waals surface area contributed by atoms with Crippen LogP contribution in [-0.4, -0.2) is 34.9 Å². The van der Waals surface area contributed by atoms with Crippen molar-refractivity contribution in [2.24, 2.45) is 17.3 Å². The number of carbonyl (C=O) groups is 2. The van der Waals surface area contributed by atoms with Crippen LogP contribution in [0.1, 0.15) is 86.5 Å². The van der Waals surface area contributed by atoms with E-state index in [1.807, 2.05) is 6.08 Å². The number of hydrogen-bond acceptors (Lipinski definition) is 5. The number of esters is 2. The Hall–Kier alpha value is -2.40. The first-order chi connectivity index (χ1) is 16.8. The number of carbonyl (C=O) groups excluding carboxylic acids is 2. The molecule has 0 aromatic carbocycles. The van der Waals surface area contributed by atoms with Gasteiger partial charge in [0.1, 0.15) is 12.2 Å². The number of allylic oxidation sites excluding steroid dienone is 6. The topological polar surface area (TPSA) is 72.8 Å². The van der Waals surface area contributed by atoms with Crippen molar-refractivity contribution < 1.29 is 24.2 Å². The van der Waals surface area contributed by atoms with Crippen molar-refractivity contribution in [2.75, 3.05) is 0 Å². The van der Waals surface area contributed by atoms with Crippen LogP contribution in [0, 0.1) is 17.3 Å². The van der Waals surface area contributed by atoms with E-state index in [1.54, 1.807) is 13.8 Å². The molecule has 0 saturated heterocycles. The van der Waals surface area contributed by atoms with Crippen molar-refractivity contribution in [3.05, 3.63) is 59.3 Å². The van der Waals surface area contributed by atoms with E-state index in [-0.39, 0.29) is 23.5 Å². The first kappa shape index (κ1) is 28.2. The number of ether oxygens (including phenoxy) is 2. The molecule has 0 aromatic rings. The van der Waals surface area contributed by atoms with Gasteiger partial charge in [0, 0.05) is 26.7 Å². The Bertz CT molecular complexity index is 989. The summed E-state index contributed by atoms with van der Waals surface area (Å²) in [4.78, 5) is 23.2. The highest BCUT2D eigenvalue weighted by Crippen LogP contribution is 2.57. The summed E-state index contributed by atoms with van der Waals surface area (Å²) in [5.74, 6) is 0.222. The van der Waals surface area contributed by atoms with Gasteiger partial charge in [-0.2, -0.15) is 0 Å². The van der Waals surface area contributed by atoms with Crippen molar-refractivity contribution >= 4 is 11.9 Å². The van der Waals surface area contributed by atoms with Crippen molar-refractivity contribution in [3.63, 3.8) is 0 Å². The quantitative estimate of drug-likeness (QED) is 0.320. The highest BCUT2D eigenvalue weighted by molar-refractivity contribution is 5.67. The van der Waals surface area contributed by atoms with Crippen LogP contribution in [-0.2, 0) is 19.1 Å². The fourth-order valence-electron chi connectivity index (χ4n) is 6.38. The Labute approximate surface area is 217 Å². The maximum absolute atomic E-state index is 11.6. The zero-order valence-electron chi connectivity index (χ0n) is 22.9. The molecule has 5 heteroatoms. The van der Waals surface area contributed by atoms with E-state index < -0.39 is 11.7 Å². The fourth-order valence-corrected chi connectivity index (χ4v) is 6.38. The lowest BCUT2D eigenvalue weighted by atomic mass is 9.62. The Kier molecular flexibility index (Phi) is 8.87. The van der Waals surface area contributed by atoms with Gasteiger partial charge in [0.15, 0.2) is 0 Å². The fraction of sp³-hybridized carbons (Fsp3) is 0.613. The lowest BCUT2D eigenvalue weighted by molar-refractivity contribution is -0.152. The van der Waals surface area contributed by atoms with E-state index in [0.717, 1.165) is 36.8 Å². The summed E-state index contributed by atoms with van der Waals surface area (Å²) < 4.78 is 11.0. The smallest absolute Gasteiger partial charge is 0.303 e. The maximum Gasteiger partial charge on any atom is 0.303 e. The first-order valence-corrected chi connectivity index (χ1v) is 13.3. The van der Waals surface area contributed by atoms with Gasteiger partial charge in [-0.05, 0) is 74.3 Å². The van der Waals surface area contributed by atoms with E-state index in [4.69, 9.17) is 9.47 Å². The molecule has 3 rings (SSSR count). The molecular formula is C31H44O5. The Morgan fingerprint density at radius 3 is 2.58 bits per heavy atom. The molecule has 0 radical (unpaired) electrons. The monoisotopic (exact) mass is 496 g/mol. The highest BCUT2D eigenvalue weighted by Gasteiger charge is 2.45. The molecule has 5 nitrogen and oxygen atoms in total. The van der Waals surface area contributed by atoms with Gasteiger partial charge < -0.3 is 14.6 Å². The molecule has 5 atom stereocenters. The van der Waals surface area contributed by atoms with Crippen LogP contribution < -0.4 is 0 Å². The van der Waals surface area contributed by atoms with Gasteiger partial charge in [-0.25, -0.2) is 0 Å². The zero-order valence-corrected chi connectivity index (χ0v) is 22.9. The van der Waals surface area contributed by atoms with Crippen molar-refractivity contribution in [1.29, 1.82) is 0 Å². The Morgan fingerprint density at radius 1 is 1.25 bits per heavy atom. The predicted molar refractivity (Wildman–Crippen MR) is 143 cm³/mol. The van der Waals surface area contributed by atoms with Crippen LogP contribution in [0.4, 0.5) is 0 Å². The van der Waals surface area contributed by atoms with Crippen LogP contribution in [0.2, 0.25) is 0 Å². The van der Waals surface area contributed by atoms with E-state index in [2.05, 4.69) is 44.7 Å². The van der Waals surface area contributed by atoms with Crippen LogP contribution in [0.15, 0.2) is 59.3 Å². The van der Waals surface area contributed by atoms with E-state index in [0.29, 0.717) is 24.7 Å². The molecule has 3 aliphatic rings. The van der Waals surface area contributed by atoms with Crippen molar-refractivity contribution in [3.8, 4) is 0 Å². The Morgan fingerprint density at radius 2 is 1.94 bits per heavy atom. The minimum Gasteiger partial charge on any atom is -0.462 e. The third-order valence-corrected chi connectivity index (χ3v) is 8.02. The molecule has 1 N–H and O–H groups in total. The summed E-state index contributed by atoms with van der Waals surface area (Å²) >= 11 is 0. The largest absolute Gasteiger partial charge is 0.462 e. The Balaban J connectivity index is 1.79. The molecule has 0 spiro atoms. The molecule has 2 saturated carbocycles. The summed E-state index contributed by atoms with van der Waals surface area (Å²) in [6, 6.07) is 0. The second-order valence-electron chi connectivity index (χ2n) is 11.6. The molecule has 3 aliphatic carbocycles. The molecule has 36 heavy (non-hydrogen) atoms. The van der Waals surface area contributed by atoms with Crippen LogP contribution in [0.3, 0.4) is 0 Å². The van der Waals surface area contributed by atoms with Gasteiger partial charge in [-0.1, -0.05) is 62.0 Å². The van der Waals surface area contributed by atoms with Gasteiger partial charge in [0.05, 0.1) is 5.60 Å². The van der Waals surface area contributed by atoms with Gasteiger partial charge in [0.25, 0.3) is 0 Å². The standard InChI is InChI=1S/C31H44O5/c1-20(10-8-16-30(5,6)34)27-14-15-28-24(11-9-17-31(27,28)7)12-13-25-18-26(35-22(3)32)19-29(21(25)2)36-23(4)33/h8,12-14,16,20,26,28-29,34H,2,9-11,15,17-19H2,1,3-7H3/b16-8+,24-12+,25-13-/t20?,26?,28?,29-,31+/m0/s1. The predicted octanol–water partition coefficient (Wildman–Crippen LogP) is 6.54. The number of aliphatic hydroxyl groups is 1. The lowest BCUT2D eigenvalue weighted by Crippen LogP contribution is -2.33. The van der Waals surface area contributed by atoms with Gasteiger partial charge >= 0.3 is 11.9 Å². The molecular weight excluding hydrogens is 452 g/mol. The van der Waals surface area contributed by atoms with Crippen molar-refractivity contribution in [2.45, 2.75) is 104 Å². The summed E-state index contributed by atoms with van der Waals surface area (Å²) in [5, 5.41) is 10.0. The summed E-state index contributed by atoms with van der Waals surface area (Å²) in [7, 11) is 0. The molecule has 0 bridgehead atoms. The van der Waals surface area contributed by atoms with Crippen LogP contribution in [0.25, 0.3) is 0 Å². The molecule has 0 aliphatic heterocycles. The molecule has 0 heterocycles. The number of hydrogen-bond donors (Lipinski definition) is 1. The third kappa shape index (κ3) is 6.88. The normalized spacial score (nSPS) is 31.9.